The van der Waals surface area contributed by atoms with Crippen molar-refractivity contribution >= 4 is 34.5 Å². The van der Waals surface area contributed by atoms with Crippen molar-refractivity contribution in [2.75, 3.05) is 5.32 Å². The molecule has 10 nitrogen and oxygen atoms in total. The molecule has 0 spiro atoms. The predicted octanol–water partition coefficient (Wildman–Crippen LogP) is 2.33. The summed E-state index contributed by atoms with van der Waals surface area (Å²) in [6.45, 7) is 1.48. The van der Waals surface area contributed by atoms with Crippen molar-refractivity contribution in [2.45, 2.75) is 19.6 Å². The summed E-state index contributed by atoms with van der Waals surface area (Å²) >= 11 is 0. The van der Waals surface area contributed by atoms with Crippen LogP contribution in [0, 0.1) is 10.1 Å². The molecule has 3 N–H and O–H groups in total. The van der Waals surface area contributed by atoms with E-state index in [1.165, 1.54) is 29.7 Å². The number of carbonyl (C=O) groups is 2. The summed E-state index contributed by atoms with van der Waals surface area (Å²) in [5, 5.41) is 32.4. The van der Waals surface area contributed by atoms with E-state index >= 15 is 0 Å². The van der Waals surface area contributed by atoms with Gasteiger partial charge in [-0.25, -0.2) is 4.98 Å². The van der Waals surface area contributed by atoms with Crippen molar-refractivity contribution in [1.82, 2.24) is 9.55 Å². The molecule has 0 fully saturated rings. The maximum absolute atomic E-state index is 12.5. The number of fused-ring (bicyclic) bond motifs is 1. The van der Waals surface area contributed by atoms with E-state index in [1.54, 1.807) is 18.2 Å². The number of carbonyl (C=O) groups excluding carboxylic acids is 1. The third-order valence-electron chi connectivity index (χ3n) is 4.03. The van der Waals surface area contributed by atoms with Gasteiger partial charge in [0.2, 0.25) is 5.95 Å². The van der Waals surface area contributed by atoms with E-state index < -0.39 is 23.0 Å². The number of hydrogen-bond donors (Lipinski definition) is 3. The maximum atomic E-state index is 12.5. The second-order valence-electron chi connectivity index (χ2n) is 6.09. The fraction of sp³-hybridized carbons (Fsp3) is 0.167. The van der Waals surface area contributed by atoms with Crippen molar-refractivity contribution < 1.29 is 24.7 Å². The fourth-order valence-electron chi connectivity index (χ4n) is 2.83. The van der Waals surface area contributed by atoms with E-state index in [0.29, 0.717) is 16.6 Å². The zero-order chi connectivity index (χ0) is 20.4. The fourth-order valence-corrected chi connectivity index (χ4v) is 2.83. The molecule has 2 aromatic carbocycles. The summed E-state index contributed by atoms with van der Waals surface area (Å²) in [6.07, 6.45) is -1.22. The van der Waals surface area contributed by atoms with Crippen molar-refractivity contribution in [2.24, 2.45) is 0 Å². The number of nitro benzene ring substituents is 1. The van der Waals surface area contributed by atoms with Crippen LogP contribution >= 0.6 is 0 Å². The van der Waals surface area contributed by atoms with Crippen LogP contribution in [-0.2, 0) is 11.2 Å². The molecule has 0 bridgehead atoms. The number of rotatable bonds is 6. The number of nitrogens with one attached hydrogen (secondary N) is 1. The standard InChI is InChI=1S/C18H16N4O6/c1-10(23)21-15-6-5-11(8-16(24)25)7-14(15)19-18(21)20-17(26)12-3-2-4-13(9-12)22(27)28/h2-7,9-10,23H,8H2,1H3,(H,24,25)(H,19,20,26). The zero-order valence-electron chi connectivity index (χ0n) is 14.7. The lowest BCUT2D eigenvalue weighted by molar-refractivity contribution is -0.384. The van der Waals surface area contributed by atoms with E-state index in [0.717, 1.165) is 6.07 Å². The lowest BCUT2D eigenvalue weighted by Gasteiger charge is -2.12. The number of amides is 1. The molecular formula is C18H16N4O6. The molecule has 1 heterocycles. The van der Waals surface area contributed by atoms with Gasteiger partial charge in [-0.3, -0.25) is 29.6 Å². The van der Waals surface area contributed by atoms with Gasteiger partial charge in [-0.15, -0.1) is 0 Å². The monoisotopic (exact) mass is 384 g/mol. The minimum absolute atomic E-state index is 0.0361. The topological polar surface area (TPSA) is 148 Å². The number of carboxylic acid groups (broad SMARTS) is 1. The highest BCUT2D eigenvalue weighted by atomic mass is 16.6. The Hall–Kier alpha value is -3.79. The molecule has 0 saturated heterocycles. The Morgan fingerprint density at radius 2 is 2.04 bits per heavy atom. The molecule has 144 valence electrons. The normalized spacial score (nSPS) is 11.9. The number of imidazole rings is 1. The molecule has 28 heavy (non-hydrogen) atoms. The average Bonchev–Trinajstić information content (AvgIpc) is 2.98. The molecule has 0 saturated carbocycles. The van der Waals surface area contributed by atoms with Gasteiger partial charge in [-0.1, -0.05) is 12.1 Å². The number of aliphatic hydroxyl groups excluding tert-OH is 1. The summed E-state index contributed by atoms with van der Waals surface area (Å²) in [5.41, 5.74) is 1.25. The summed E-state index contributed by atoms with van der Waals surface area (Å²) < 4.78 is 1.37. The number of aromatic nitrogens is 2. The first-order valence-electron chi connectivity index (χ1n) is 8.23. The number of nitro groups is 1. The number of carboxylic acids is 1. The van der Waals surface area contributed by atoms with Crippen LogP contribution in [-0.4, -0.2) is 36.6 Å². The second-order valence-corrected chi connectivity index (χ2v) is 6.09. The lowest BCUT2D eigenvalue weighted by atomic mass is 10.1. The first kappa shape index (κ1) is 19.0. The lowest BCUT2D eigenvalue weighted by Crippen LogP contribution is -2.17. The number of benzene rings is 2. The number of aliphatic hydroxyl groups is 1. The SMILES string of the molecule is CC(O)n1c(NC(=O)c2cccc([N+](=O)[O-])c2)nc2cc(CC(=O)O)ccc21. The average molecular weight is 384 g/mol. The summed E-state index contributed by atoms with van der Waals surface area (Å²) in [6, 6.07) is 9.98. The minimum Gasteiger partial charge on any atom is -0.481 e. The van der Waals surface area contributed by atoms with Crippen LogP contribution in [0.15, 0.2) is 42.5 Å². The van der Waals surface area contributed by atoms with Gasteiger partial charge in [0.1, 0.15) is 6.23 Å². The van der Waals surface area contributed by atoms with Gasteiger partial charge >= 0.3 is 5.97 Å². The number of anilines is 1. The van der Waals surface area contributed by atoms with Crippen LogP contribution in [0.1, 0.15) is 29.1 Å². The molecule has 0 aliphatic heterocycles. The van der Waals surface area contributed by atoms with Crippen molar-refractivity contribution in [3.8, 4) is 0 Å². The molecule has 3 rings (SSSR count). The Kier molecular flexibility index (Phi) is 5.05. The van der Waals surface area contributed by atoms with Gasteiger partial charge in [-0.2, -0.15) is 0 Å². The molecule has 0 aliphatic carbocycles. The largest absolute Gasteiger partial charge is 0.481 e. The van der Waals surface area contributed by atoms with Crippen LogP contribution in [0.25, 0.3) is 11.0 Å². The van der Waals surface area contributed by atoms with E-state index in [2.05, 4.69) is 10.3 Å². The zero-order valence-corrected chi connectivity index (χ0v) is 14.7. The van der Waals surface area contributed by atoms with Crippen LogP contribution < -0.4 is 5.32 Å². The molecule has 1 unspecified atom stereocenters. The molecule has 1 atom stereocenters. The number of non-ortho nitro benzene ring substituents is 1. The van der Waals surface area contributed by atoms with Gasteiger partial charge in [0, 0.05) is 17.7 Å². The Morgan fingerprint density at radius 3 is 2.68 bits per heavy atom. The second kappa shape index (κ2) is 7.45. The Balaban J connectivity index is 1.98. The maximum Gasteiger partial charge on any atom is 0.307 e. The number of aliphatic carboxylic acids is 1. The number of hydrogen-bond acceptors (Lipinski definition) is 6. The molecule has 1 aromatic heterocycles. The predicted molar refractivity (Wildman–Crippen MR) is 99.1 cm³/mol. The number of nitrogens with zero attached hydrogens (tertiary/aromatic N) is 3. The van der Waals surface area contributed by atoms with E-state index in [1.807, 2.05) is 0 Å². The highest BCUT2D eigenvalue weighted by molar-refractivity contribution is 6.04. The first-order valence-corrected chi connectivity index (χ1v) is 8.23. The smallest absolute Gasteiger partial charge is 0.307 e. The highest BCUT2D eigenvalue weighted by Gasteiger charge is 2.19. The quantitative estimate of drug-likeness (QED) is 0.436. The molecule has 10 heteroatoms. The Bertz CT molecular complexity index is 1090. The molecular weight excluding hydrogens is 368 g/mol. The van der Waals surface area contributed by atoms with Crippen LogP contribution in [0.3, 0.4) is 0 Å². The van der Waals surface area contributed by atoms with Crippen molar-refractivity contribution in [3.05, 3.63) is 63.7 Å². The van der Waals surface area contributed by atoms with Crippen molar-refractivity contribution in [3.63, 3.8) is 0 Å². The molecule has 3 aromatic rings. The third kappa shape index (κ3) is 3.81. The van der Waals surface area contributed by atoms with Crippen LogP contribution in [0.2, 0.25) is 0 Å². The van der Waals surface area contributed by atoms with Gasteiger partial charge in [0.25, 0.3) is 11.6 Å². The van der Waals surface area contributed by atoms with Crippen molar-refractivity contribution in [1.29, 1.82) is 0 Å². The molecule has 0 radical (unpaired) electrons. The Morgan fingerprint density at radius 1 is 1.29 bits per heavy atom. The van der Waals surface area contributed by atoms with Gasteiger partial charge in [0.15, 0.2) is 0 Å². The summed E-state index contributed by atoms with van der Waals surface area (Å²) in [7, 11) is 0. The van der Waals surface area contributed by atoms with Gasteiger partial charge in [0.05, 0.1) is 22.4 Å². The summed E-state index contributed by atoms with van der Waals surface area (Å²) in [5.74, 6) is -1.59. The highest BCUT2D eigenvalue weighted by Crippen LogP contribution is 2.25. The van der Waals surface area contributed by atoms with E-state index in [4.69, 9.17) is 5.11 Å². The van der Waals surface area contributed by atoms with Crippen LogP contribution in [0.5, 0.6) is 0 Å². The minimum atomic E-state index is -1.03. The first-order chi connectivity index (χ1) is 13.3. The summed E-state index contributed by atoms with van der Waals surface area (Å²) in [4.78, 5) is 37.9. The van der Waals surface area contributed by atoms with Gasteiger partial charge in [-0.05, 0) is 30.7 Å². The Labute approximate surface area is 158 Å². The molecule has 0 aliphatic rings. The third-order valence-corrected chi connectivity index (χ3v) is 4.03. The van der Waals surface area contributed by atoms with Gasteiger partial charge < -0.3 is 10.2 Å². The van der Waals surface area contributed by atoms with Crippen LogP contribution in [0.4, 0.5) is 11.6 Å². The molecule has 1 amide bonds. The van der Waals surface area contributed by atoms with E-state index in [-0.39, 0.29) is 23.6 Å². The van der Waals surface area contributed by atoms with E-state index in [9.17, 15) is 24.8 Å².